The Balaban J connectivity index is 1.48. The van der Waals surface area contributed by atoms with Crippen LogP contribution in [0.25, 0.3) is 0 Å². The molecule has 2 aromatic rings. The summed E-state index contributed by atoms with van der Waals surface area (Å²) in [5.41, 5.74) is 3.18. The average molecular weight is 350 g/mol. The van der Waals surface area contributed by atoms with Crippen LogP contribution < -0.4 is 14.8 Å². The summed E-state index contributed by atoms with van der Waals surface area (Å²) in [6.07, 6.45) is 1.96. The van der Waals surface area contributed by atoms with Gasteiger partial charge in [0.25, 0.3) is 0 Å². The third-order valence-corrected chi connectivity index (χ3v) is 5.31. The molecule has 0 saturated carbocycles. The lowest BCUT2D eigenvalue weighted by molar-refractivity contribution is 0.0497. The van der Waals surface area contributed by atoms with Gasteiger partial charge in [0.1, 0.15) is 0 Å². The molecule has 4 rings (SSSR count). The Morgan fingerprint density at radius 2 is 1.77 bits per heavy atom. The van der Waals surface area contributed by atoms with Crippen LogP contribution >= 0.6 is 0 Å². The molecule has 2 aromatic carbocycles. The highest BCUT2D eigenvalue weighted by molar-refractivity contribution is 5.47. The first-order valence-electron chi connectivity index (χ1n) is 8.97. The molecule has 0 amide bonds. The van der Waals surface area contributed by atoms with Crippen molar-refractivity contribution in [1.82, 2.24) is 5.32 Å². The van der Waals surface area contributed by atoms with Gasteiger partial charge in [-0.25, -0.2) is 0 Å². The molecule has 0 spiro atoms. The van der Waals surface area contributed by atoms with Crippen LogP contribution in [0.15, 0.2) is 42.5 Å². The summed E-state index contributed by atoms with van der Waals surface area (Å²) in [6, 6.07) is 16.2. The van der Waals surface area contributed by atoms with Crippen molar-refractivity contribution in [3.05, 3.63) is 59.2 Å². The molecule has 0 radical (unpaired) electrons. The Morgan fingerprint density at radius 3 is 2.54 bits per heavy atom. The van der Waals surface area contributed by atoms with Crippen molar-refractivity contribution < 1.29 is 14.2 Å². The van der Waals surface area contributed by atoms with Crippen LogP contribution in [-0.4, -0.2) is 26.6 Å². The Hall–Kier alpha value is -2.55. The lowest BCUT2D eigenvalue weighted by Crippen LogP contribution is -2.42. The molecule has 134 valence electrons. The highest BCUT2D eigenvalue weighted by Gasteiger charge is 2.35. The zero-order valence-electron chi connectivity index (χ0n) is 14.7. The van der Waals surface area contributed by atoms with Gasteiger partial charge in [-0.3, -0.25) is 0 Å². The number of fused-ring (bicyclic) bond motifs is 1. The van der Waals surface area contributed by atoms with E-state index in [0.717, 1.165) is 50.6 Å². The molecular weight excluding hydrogens is 328 g/mol. The van der Waals surface area contributed by atoms with Gasteiger partial charge >= 0.3 is 0 Å². The van der Waals surface area contributed by atoms with Gasteiger partial charge in [0.15, 0.2) is 11.5 Å². The fourth-order valence-corrected chi connectivity index (χ4v) is 3.70. The van der Waals surface area contributed by atoms with Gasteiger partial charge in [-0.05, 0) is 48.2 Å². The van der Waals surface area contributed by atoms with E-state index in [4.69, 9.17) is 19.5 Å². The number of nitriles is 1. The predicted molar refractivity (Wildman–Crippen MR) is 97.2 cm³/mol. The summed E-state index contributed by atoms with van der Waals surface area (Å²) in [4.78, 5) is 0. The summed E-state index contributed by atoms with van der Waals surface area (Å²) < 4.78 is 16.6. The van der Waals surface area contributed by atoms with Gasteiger partial charge in [0.05, 0.1) is 11.6 Å². The zero-order valence-corrected chi connectivity index (χ0v) is 14.7. The first-order valence-corrected chi connectivity index (χ1v) is 8.97. The summed E-state index contributed by atoms with van der Waals surface area (Å²) >= 11 is 0. The van der Waals surface area contributed by atoms with E-state index in [2.05, 4.69) is 23.5 Å². The number of ether oxygens (including phenoxy) is 3. The molecule has 0 aromatic heterocycles. The molecule has 1 saturated heterocycles. The van der Waals surface area contributed by atoms with Crippen molar-refractivity contribution in [2.45, 2.75) is 24.8 Å². The molecule has 26 heavy (non-hydrogen) atoms. The normalized spacial score (nSPS) is 17.7. The summed E-state index contributed by atoms with van der Waals surface area (Å²) in [6.45, 7) is 3.49. The van der Waals surface area contributed by atoms with Gasteiger partial charge in [-0.1, -0.05) is 18.2 Å². The summed E-state index contributed by atoms with van der Waals surface area (Å²) in [5.74, 6) is 1.65. The van der Waals surface area contributed by atoms with Crippen LogP contribution in [0.4, 0.5) is 0 Å². The van der Waals surface area contributed by atoms with Gasteiger partial charge in [0.2, 0.25) is 6.79 Å². The lowest BCUT2D eigenvalue weighted by Gasteiger charge is -2.38. The van der Waals surface area contributed by atoms with Crippen LogP contribution in [0.5, 0.6) is 11.5 Å². The van der Waals surface area contributed by atoms with Crippen molar-refractivity contribution in [2.75, 3.05) is 26.6 Å². The molecule has 0 aliphatic carbocycles. The third-order valence-electron chi connectivity index (χ3n) is 5.31. The number of benzene rings is 2. The highest BCUT2D eigenvalue weighted by Crippen LogP contribution is 2.40. The number of nitrogens with one attached hydrogen (secondary N) is 1. The first-order chi connectivity index (χ1) is 12.8. The van der Waals surface area contributed by atoms with E-state index in [1.54, 1.807) is 0 Å². The van der Waals surface area contributed by atoms with E-state index in [1.807, 2.05) is 30.3 Å². The van der Waals surface area contributed by atoms with Crippen LogP contribution in [0.1, 0.15) is 29.5 Å². The monoisotopic (exact) mass is 350 g/mol. The van der Waals surface area contributed by atoms with Gasteiger partial charge in [-0.15, -0.1) is 0 Å². The molecule has 1 N–H and O–H groups in total. The second-order valence-corrected chi connectivity index (χ2v) is 6.87. The fourth-order valence-electron chi connectivity index (χ4n) is 3.70. The van der Waals surface area contributed by atoms with E-state index < -0.39 is 0 Å². The van der Waals surface area contributed by atoms with Crippen molar-refractivity contribution in [3.8, 4) is 17.6 Å². The van der Waals surface area contributed by atoms with Gasteiger partial charge in [-0.2, -0.15) is 5.26 Å². The minimum absolute atomic E-state index is 0.0336. The third kappa shape index (κ3) is 3.39. The molecule has 5 nitrogen and oxygen atoms in total. The molecule has 2 aliphatic heterocycles. The topological polar surface area (TPSA) is 63.5 Å². The molecule has 1 fully saturated rings. The largest absolute Gasteiger partial charge is 0.454 e. The van der Waals surface area contributed by atoms with E-state index in [1.165, 1.54) is 11.1 Å². The second-order valence-electron chi connectivity index (χ2n) is 6.87. The van der Waals surface area contributed by atoms with Crippen LogP contribution in [0, 0.1) is 11.3 Å². The first kappa shape index (κ1) is 16.9. The standard InChI is InChI=1S/C21H22N2O3/c22-12-16-1-3-17(4-2-16)13-23-14-21(7-9-24-10-8-21)18-5-6-19-20(11-18)26-15-25-19/h1-6,11,23H,7-10,13-15H2. The molecule has 2 aliphatic rings. The Bertz CT molecular complexity index is 805. The number of hydrogen-bond acceptors (Lipinski definition) is 5. The average Bonchev–Trinajstić information content (AvgIpc) is 3.17. The minimum atomic E-state index is 0.0336. The molecule has 0 atom stereocenters. The van der Waals surface area contributed by atoms with E-state index in [9.17, 15) is 0 Å². The quantitative estimate of drug-likeness (QED) is 0.898. The summed E-state index contributed by atoms with van der Waals surface area (Å²) in [5, 5.41) is 12.5. The van der Waals surface area contributed by atoms with Crippen molar-refractivity contribution in [3.63, 3.8) is 0 Å². The van der Waals surface area contributed by atoms with E-state index >= 15 is 0 Å². The Morgan fingerprint density at radius 1 is 1.00 bits per heavy atom. The molecule has 2 heterocycles. The van der Waals surface area contributed by atoms with Crippen LogP contribution in [0.3, 0.4) is 0 Å². The van der Waals surface area contributed by atoms with E-state index in [0.29, 0.717) is 12.4 Å². The molecule has 0 bridgehead atoms. The highest BCUT2D eigenvalue weighted by atomic mass is 16.7. The smallest absolute Gasteiger partial charge is 0.231 e. The van der Waals surface area contributed by atoms with Crippen molar-refractivity contribution >= 4 is 0 Å². The lowest BCUT2D eigenvalue weighted by atomic mass is 9.74. The maximum atomic E-state index is 8.90. The molecule has 5 heteroatoms. The zero-order chi connectivity index (χ0) is 17.8. The Labute approximate surface area is 153 Å². The van der Waals surface area contributed by atoms with Gasteiger partial charge < -0.3 is 19.5 Å². The van der Waals surface area contributed by atoms with Crippen LogP contribution in [0.2, 0.25) is 0 Å². The van der Waals surface area contributed by atoms with Crippen molar-refractivity contribution in [1.29, 1.82) is 5.26 Å². The second kappa shape index (κ2) is 7.36. The number of nitrogens with zero attached hydrogens (tertiary/aromatic N) is 1. The van der Waals surface area contributed by atoms with Gasteiger partial charge in [0, 0.05) is 31.7 Å². The maximum Gasteiger partial charge on any atom is 0.231 e. The van der Waals surface area contributed by atoms with Crippen LogP contribution in [-0.2, 0) is 16.7 Å². The van der Waals surface area contributed by atoms with Crippen molar-refractivity contribution in [2.24, 2.45) is 0 Å². The van der Waals surface area contributed by atoms with E-state index in [-0.39, 0.29) is 5.41 Å². The maximum absolute atomic E-state index is 8.90. The minimum Gasteiger partial charge on any atom is -0.454 e. The molecule has 0 unspecified atom stereocenters. The SMILES string of the molecule is N#Cc1ccc(CNCC2(c3ccc4c(c3)OCO4)CCOCC2)cc1. The fraction of sp³-hybridized carbons (Fsp3) is 0.381. The summed E-state index contributed by atoms with van der Waals surface area (Å²) in [7, 11) is 0. The number of rotatable bonds is 5. The predicted octanol–water partition coefficient (Wildman–Crippen LogP) is 3.12. The molecular formula is C21H22N2O3. The Kier molecular flexibility index (Phi) is 4.79. The number of hydrogen-bond donors (Lipinski definition) is 1.